The number of amides is 1. The maximum atomic E-state index is 13.0. The molecule has 0 aromatic heterocycles. The number of nitrogens with zero attached hydrogens (tertiary/aromatic N) is 2. The predicted molar refractivity (Wildman–Crippen MR) is 109 cm³/mol. The SMILES string of the molecule is COc1ccc(OCC(=O)N2CCN(c3ccc(F)cc3)CC2)cc1.O=C(O)C(=O)O. The molecule has 2 aromatic carbocycles. The molecule has 1 aliphatic rings. The van der Waals surface area contributed by atoms with Crippen LogP contribution in [-0.4, -0.2) is 72.9 Å². The monoisotopic (exact) mass is 434 g/mol. The number of carboxylic acid groups (broad SMARTS) is 2. The molecule has 2 aromatic rings. The van der Waals surface area contributed by atoms with Gasteiger partial charge in [-0.25, -0.2) is 14.0 Å². The molecule has 0 atom stereocenters. The van der Waals surface area contributed by atoms with Crippen LogP contribution in [0.1, 0.15) is 0 Å². The molecule has 0 unspecified atom stereocenters. The van der Waals surface area contributed by atoms with Crippen LogP contribution in [0.2, 0.25) is 0 Å². The van der Waals surface area contributed by atoms with Crippen molar-refractivity contribution < 1.29 is 38.5 Å². The van der Waals surface area contributed by atoms with Gasteiger partial charge >= 0.3 is 11.9 Å². The van der Waals surface area contributed by atoms with E-state index in [9.17, 15) is 9.18 Å². The van der Waals surface area contributed by atoms with E-state index >= 15 is 0 Å². The quantitative estimate of drug-likeness (QED) is 0.684. The Balaban J connectivity index is 0.000000501. The molecule has 9 nitrogen and oxygen atoms in total. The van der Waals surface area contributed by atoms with Crippen molar-refractivity contribution in [1.29, 1.82) is 0 Å². The van der Waals surface area contributed by atoms with Crippen molar-refractivity contribution in [2.75, 3.05) is 44.8 Å². The second kappa shape index (κ2) is 11.4. The maximum absolute atomic E-state index is 13.0. The number of aliphatic carboxylic acids is 2. The van der Waals surface area contributed by atoms with Gasteiger partial charge < -0.3 is 29.5 Å². The Morgan fingerprint density at radius 3 is 1.87 bits per heavy atom. The van der Waals surface area contributed by atoms with Crippen molar-refractivity contribution in [2.24, 2.45) is 0 Å². The van der Waals surface area contributed by atoms with E-state index in [1.165, 1.54) is 12.1 Å². The van der Waals surface area contributed by atoms with Crippen LogP contribution in [0.4, 0.5) is 10.1 Å². The molecule has 0 spiro atoms. The van der Waals surface area contributed by atoms with Gasteiger partial charge in [0, 0.05) is 31.9 Å². The molecule has 1 heterocycles. The molecule has 0 saturated carbocycles. The molecule has 1 saturated heterocycles. The Kier molecular flexibility index (Phi) is 8.62. The molecular formula is C21H23FN2O7. The molecule has 1 aliphatic heterocycles. The number of carbonyl (C=O) groups is 3. The number of methoxy groups -OCH3 is 1. The van der Waals surface area contributed by atoms with Crippen LogP contribution in [-0.2, 0) is 14.4 Å². The van der Waals surface area contributed by atoms with Crippen molar-refractivity contribution in [1.82, 2.24) is 4.90 Å². The van der Waals surface area contributed by atoms with Gasteiger partial charge in [-0.1, -0.05) is 0 Å². The van der Waals surface area contributed by atoms with E-state index in [0.717, 1.165) is 24.5 Å². The zero-order valence-corrected chi connectivity index (χ0v) is 16.9. The van der Waals surface area contributed by atoms with Crippen LogP contribution in [0, 0.1) is 5.82 Å². The standard InChI is InChI=1S/C19H21FN2O3.C2H2O4/c1-24-17-6-8-18(9-7-17)25-14-19(23)22-12-10-21(11-13-22)16-4-2-15(20)3-5-16;3-1(4)2(5)6/h2-9H,10-14H2,1H3;(H,3,4)(H,5,6). The summed E-state index contributed by atoms with van der Waals surface area (Å²) in [6.07, 6.45) is 0. The summed E-state index contributed by atoms with van der Waals surface area (Å²) in [6, 6.07) is 13.6. The molecule has 0 aliphatic carbocycles. The minimum Gasteiger partial charge on any atom is -0.497 e. The van der Waals surface area contributed by atoms with E-state index in [1.54, 1.807) is 48.4 Å². The molecule has 1 fully saturated rings. The average molecular weight is 434 g/mol. The lowest BCUT2D eigenvalue weighted by atomic mass is 10.2. The summed E-state index contributed by atoms with van der Waals surface area (Å²) in [5.41, 5.74) is 0.975. The van der Waals surface area contributed by atoms with Gasteiger partial charge in [-0.2, -0.15) is 0 Å². The number of rotatable bonds is 5. The highest BCUT2D eigenvalue weighted by Gasteiger charge is 2.21. The van der Waals surface area contributed by atoms with E-state index in [2.05, 4.69) is 4.90 Å². The summed E-state index contributed by atoms with van der Waals surface area (Å²) in [7, 11) is 1.60. The molecular weight excluding hydrogens is 411 g/mol. The first-order valence-electron chi connectivity index (χ1n) is 9.31. The smallest absolute Gasteiger partial charge is 0.414 e. The van der Waals surface area contributed by atoms with Crippen molar-refractivity contribution in [3.8, 4) is 11.5 Å². The van der Waals surface area contributed by atoms with Gasteiger partial charge in [0.1, 0.15) is 17.3 Å². The lowest BCUT2D eigenvalue weighted by Crippen LogP contribution is -2.50. The zero-order valence-electron chi connectivity index (χ0n) is 16.9. The highest BCUT2D eigenvalue weighted by atomic mass is 19.1. The van der Waals surface area contributed by atoms with E-state index in [4.69, 9.17) is 29.3 Å². The Labute approximate surface area is 178 Å². The van der Waals surface area contributed by atoms with Crippen LogP contribution in [0.5, 0.6) is 11.5 Å². The highest BCUT2D eigenvalue weighted by molar-refractivity contribution is 6.27. The number of carbonyl (C=O) groups excluding carboxylic acids is 1. The fourth-order valence-electron chi connectivity index (χ4n) is 2.77. The summed E-state index contributed by atoms with van der Waals surface area (Å²) < 4.78 is 23.6. The predicted octanol–water partition coefficient (Wildman–Crippen LogP) is 1.72. The third kappa shape index (κ3) is 7.50. The largest absolute Gasteiger partial charge is 0.497 e. The average Bonchev–Trinajstić information content (AvgIpc) is 2.79. The Hall–Kier alpha value is -3.82. The number of hydrogen-bond donors (Lipinski definition) is 2. The summed E-state index contributed by atoms with van der Waals surface area (Å²) in [5.74, 6) is -2.54. The van der Waals surface area contributed by atoms with Gasteiger partial charge in [-0.15, -0.1) is 0 Å². The van der Waals surface area contributed by atoms with Crippen LogP contribution in [0.3, 0.4) is 0 Å². The Morgan fingerprint density at radius 1 is 0.871 bits per heavy atom. The third-order valence-corrected chi connectivity index (χ3v) is 4.43. The first-order chi connectivity index (χ1) is 14.8. The fraction of sp³-hybridized carbons (Fsp3) is 0.286. The van der Waals surface area contributed by atoms with E-state index in [0.29, 0.717) is 18.8 Å². The first kappa shape index (κ1) is 23.5. The zero-order chi connectivity index (χ0) is 22.8. The van der Waals surface area contributed by atoms with Crippen molar-refractivity contribution in [2.45, 2.75) is 0 Å². The Bertz CT molecular complexity index is 868. The molecule has 31 heavy (non-hydrogen) atoms. The number of benzene rings is 2. The van der Waals surface area contributed by atoms with E-state index in [-0.39, 0.29) is 18.3 Å². The first-order valence-corrected chi connectivity index (χ1v) is 9.31. The number of piperazine rings is 1. The van der Waals surface area contributed by atoms with Crippen molar-refractivity contribution >= 4 is 23.5 Å². The molecule has 10 heteroatoms. The summed E-state index contributed by atoms with van der Waals surface area (Å²) >= 11 is 0. The molecule has 3 rings (SSSR count). The molecule has 1 amide bonds. The number of halogens is 1. The lowest BCUT2D eigenvalue weighted by molar-refractivity contribution is -0.159. The van der Waals surface area contributed by atoms with Gasteiger partial charge in [-0.3, -0.25) is 4.79 Å². The van der Waals surface area contributed by atoms with Gasteiger partial charge in [-0.05, 0) is 48.5 Å². The maximum Gasteiger partial charge on any atom is 0.414 e. The van der Waals surface area contributed by atoms with Gasteiger partial charge in [0.15, 0.2) is 6.61 Å². The summed E-state index contributed by atoms with van der Waals surface area (Å²) in [6.45, 7) is 2.72. The van der Waals surface area contributed by atoms with Crippen LogP contribution < -0.4 is 14.4 Å². The van der Waals surface area contributed by atoms with Gasteiger partial charge in [0.05, 0.1) is 7.11 Å². The minimum absolute atomic E-state index is 0.0167. The molecule has 0 bridgehead atoms. The number of hydrogen-bond acceptors (Lipinski definition) is 6. The van der Waals surface area contributed by atoms with Crippen LogP contribution in [0.15, 0.2) is 48.5 Å². The molecule has 166 valence electrons. The van der Waals surface area contributed by atoms with Gasteiger partial charge in [0.2, 0.25) is 0 Å². The van der Waals surface area contributed by atoms with Crippen molar-refractivity contribution in [3.63, 3.8) is 0 Å². The Morgan fingerprint density at radius 2 is 1.39 bits per heavy atom. The summed E-state index contributed by atoms with van der Waals surface area (Å²) in [4.78, 5) is 34.4. The minimum atomic E-state index is -1.82. The number of carboxylic acids is 2. The van der Waals surface area contributed by atoms with Crippen molar-refractivity contribution in [3.05, 3.63) is 54.3 Å². The second-order valence-corrected chi connectivity index (χ2v) is 6.42. The topological polar surface area (TPSA) is 117 Å². The highest BCUT2D eigenvalue weighted by Crippen LogP contribution is 2.18. The van der Waals surface area contributed by atoms with Gasteiger partial charge in [0.25, 0.3) is 5.91 Å². The van der Waals surface area contributed by atoms with E-state index in [1.807, 2.05) is 0 Å². The normalized spacial score (nSPS) is 13.0. The summed E-state index contributed by atoms with van der Waals surface area (Å²) in [5, 5.41) is 14.8. The van der Waals surface area contributed by atoms with Crippen LogP contribution in [0.25, 0.3) is 0 Å². The second-order valence-electron chi connectivity index (χ2n) is 6.42. The molecule has 0 radical (unpaired) electrons. The van der Waals surface area contributed by atoms with Crippen LogP contribution >= 0.6 is 0 Å². The molecule has 2 N–H and O–H groups in total. The third-order valence-electron chi connectivity index (χ3n) is 4.43. The number of ether oxygens (including phenoxy) is 2. The van der Waals surface area contributed by atoms with E-state index < -0.39 is 11.9 Å². The fourth-order valence-corrected chi connectivity index (χ4v) is 2.77. The lowest BCUT2D eigenvalue weighted by Gasteiger charge is -2.36. The number of anilines is 1.